The summed E-state index contributed by atoms with van der Waals surface area (Å²) in [6, 6.07) is 4.46. The van der Waals surface area contributed by atoms with Crippen LogP contribution < -0.4 is 11.1 Å². The van der Waals surface area contributed by atoms with E-state index in [1.165, 1.54) is 12.1 Å². The molecule has 1 aromatic carbocycles. The van der Waals surface area contributed by atoms with Crippen molar-refractivity contribution in [1.29, 1.82) is 0 Å². The lowest BCUT2D eigenvalue weighted by Gasteiger charge is -2.28. The van der Waals surface area contributed by atoms with E-state index < -0.39 is 4.92 Å². The SMILES string of the molecule is NC1CCCC(Nc2ccc(O)cc2[N+](=O)[O-])C1. The Balaban J connectivity index is 2.15. The van der Waals surface area contributed by atoms with Crippen molar-refractivity contribution in [3.05, 3.63) is 28.3 Å². The fourth-order valence-corrected chi connectivity index (χ4v) is 2.37. The average Bonchev–Trinajstić information content (AvgIpc) is 2.31. The molecular weight excluding hydrogens is 234 g/mol. The van der Waals surface area contributed by atoms with Crippen LogP contribution >= 0.6 is 0 Å². The van der Waals surface area contributed by atoms with Gasteiger partial charge in [0.1, 0.15) is 11.4 Å². The Hall–Kier alpha value is -1.82. The Morgan fingerprint density at radius 1 is 1.44 bits per heavy atom. The standard InChI is InChI=1S/C12H17N3O3/c13-8-2-1-3-9(6-8)14-11-5-4-10(16)7-12(11)15(17)18/h4-5,7-9,14,16H,1-3,6,13H2. The number of benzene rings is 1. The summed E-state index contributed by atoms with van der Waals surface area (Å²) in [6.45, 7) is 0. The van der Waals surface area contributed by atoms with Gasteiger partial charge in [-0.1, -0.05) is 0 Å². The number of rotatable bonds is 3. The molecule has 2 atom stereocenters. The fourth-order valence-electron chi connectivity index (χ4n) is 2.37. The van der Waals surface area contributed by atoms with Gasteiger partial charge in [-0.05, 0) is 37.8 Å². The number of aromatic hydroxyl groups is 1. The number of anilines is 1. The number of nitro benzene ring substituents is 1. The molecule has 0 aliphatic heterocycles. The quantitative estimate of drug-likeness (QED) is 0.433. The van der Waals surface area contributed by atoms with Crippen LogP contribution in [0.15, 0.2) is 18.2 Å². The van der Waals surface area contributed by atoms with Crippen molar-refractivity contribution in [3.63, 3.8) is 0 Å². The normalized spacial score (nSPS) is 23.6. The lowest BCUT2D eigenvalue weighted by Crippen LogP contribution is -2.35. The minimum atomic E-state index is -0.495. The molecule has 1 aliphatic rings. The number of phenolic OH excluding ortho intramolecular Hbond substituents is 1. The molecule has 0 heterocycles. The van der Waals surface area contributed by atoms with Gasteiger partial charge in [0.2, 0.25) is 0 Å². The number of hydrogen-bond donors (Lipinski definition) is 3. The molecule has 0 bridgehead atoms. The van der Waals surface area contributed by atoms with E-state index in [-0.39, 0.29) is 23.5 Å². The number of nitro groups is 1. The summed E-state index contributed by atoms with van der Waals surface area (Å²) in [5, 5.41) is 23.3. The molecule has 6 heteroatoms. The maximum atomic E-state index is 10.9. The molecule has 0 radical (unpaired) electrons. The molecule has 6 nitrogen and oxygen atoms in total. The average molecular weight is 251 g/mol. The van der Waals surface area contributed by atoms with Crippen LogP contribution in [0, 0.1) is 10.1 Å². The van der Waals surface area contributed by atoms with Gasteiger partial charge in [0.05, 0.1) is 11.0 Å². The van der Waals surface area contributed by atoms with Crippen LogP contribution in [0.3, 0.4) is 0 Å². The van der Waals surface area contributed by atoms with Crippen molar-refractivity contribution in [1.82, 2.24) is 0 Å². The molecule has 2 rings (SSSR count). The summed E-state index contributed by atoms with van der Waals surface area (Å²) in [4.78, 5) is 10.4. The number of phenols is 1. The highest BCUT2D eigenvalue weighted by Gasteiger charge is 2.22. The van der Waals surface area contributed by atoms with E-state index in [0.29, 0.717) is 5.69 Å². The molecule has 0 amide bonds. The molecule has 4 N–H and O–H groups in total. The zero-order valence-electron chi connectivity index (χ0n) is 10.0. The van der Waals surface area contributed by atoms with Gasteiger partial charge in [0, 0.05) is 12.1 Å². The van der Waals surface area contributed by atoms with E-state index in [9.17, 15) is 15.2 Å². The largest absolute Gasteiger partial charge is 0.508 e. The Kier molecular flexibility index (Phi) is 3.66. The summed E-state index contributed by atoms with van der Waals surface area (Å²) in [6.07, 6.45) is 3.82. The van der Waals surface area contributed by atoms with Crippen LogP contribution in [0.2, 0.25) is 0 Å². The Labute approximate surface area is 105 Å². The second-order valence-corrected chi connectivity index (χ2v) is 4.73. The van der Waals surface area contributed by atoms with Crippen molar-refractivity contribution in [2.75, 3.05) is 5.32 Å². The molecule has 0 spiro atoms. The number of nitrogens with one attached hydrogen (secondary N) is 1. The second kappa shape index (κ2) is 5.22. The maximum absolute atomic E-state index is 10.9. The summed E-state index contributed by atoms with van der Waals surface area (Å²) < 4.78 is 0. The molecule has 1 fully saturated rings. The highest BCUT2D eigenvalue weighted by atomic mass is 16.6. The minimum Gasteiger partial charge on any atom is -0.508 e. The molecule has 1 aliphatic carbocycles. The molecule has 2 unspecified atom stereocenters. The van der Waals surface area contributed by atoms with Crippen LogP contribution in [0.25, 0.3) is 0 Å². The second-order valence-electron chi connectivity index (χ2n) is 4.73. The van der Waals surface area contributed by atoms with Gasteiger partial charge in [0.15, 0.2) is 0 Å². The van der Waals surface area contributed by atoms with Gasteiger partial charge in [0.25, 0.3) is 5.69 Å². The number of nitrogens with zero attached hydrogens (tertiary/aromatic N) is 1. The third kappa shape index (κ3) is 2.89. The highest BCUT2D eigenvalue weighted by Crippen LogP contribution is 2.30. The van der Waals surface area contributed by atoms with Crippen LogP contribution in [-0.4, -0.2) is 22.1 Å². The van der Waals surface area contributed by atoms with Gasteiger partial charge in [-0.3, -0.25) is 10.1 Å². The van der Waals surface area contributed by atoms with Crippen LogP contribution in [0.1, 0.15) is 25.7 Å². The first-order valence-corrected chi connectivity index (χ1v) is 6.06. The maximum Gasteiger partial charge on any atom is 0.296 e. The van der Waals surface area contributed by atoms with Crippen molar-refractivity contribution >= 4 is 11.4 Å². The smallest absolute Gasteiger partial charge is 0.296 e. The Morgan fingerprint density at radius 2 is 2.22 bits per heavy atom. The van der Waals surface area contributed by atoms with E-state index in [1.54, 1.807) is 0 Å². The number of hydrogen-bond acceptors (Lipinski definition) is 5. The first-order valence-electron chi connectivity index (χ1n) is 6.06. The third-order valence-electron chi connectivity index (χ3n) is 3.25. The monoisotopic (exact) mass is 251 g/mol. The summed E-state index contributed by atoms with van der Waals surface area (Å²) in [7, 11) is 0. The Morgan fingerprint density at radius 3 is 2.89 bits per heavy atom. The van der Waals surface area contributed by atoms with Crippen LogP contribution in [0.4, 0.5) is 11.4 Å². The number of nitrogens with two attached hydrogens (primary N) is 1. The predicted molar refractivity (Wildman–Crippen MR) is 68.6 cm³/mol. The molecular formula is C12H17N3O3. The summed E-state index contributed by atoms with van der Waals surface area (Å²) >= 11 is 0. The van der Waals surface area contributed by atoms with Gasteiger partial charge in [-0.15, -0.1) is 0 Å². The third-order valence-corrected chi connectivity index (χ3v) is 3.25. The predicted octanol–water partition coefficient (Wildman–Crippen LogP) is 1.98. The fraction of sp³-hybridized carbons (Fsp3) is 0.500. The first-order chi connectivity index (χ1) is 8.56. The van der Waals surface area contributed by atoms with E-state index in [4.69, 9.17) is 5.73 Å². The van der Waals surface area contributed by atoms with Gasteiger partial charge >= 0.3 is 0 Å². The van der Waals surface area contributed by atoms with Crippen molar-refractivity contribution in [3.8, 4) is 5.75 Å². The highest BCUT2D eigenvalue weighted by molar-refractivity contribution is 5.64. The zero-order valence-corrected chi connectivity index (χ0v) is 10.0. The van der Waals surface area contributed by atoms with E-state index in [2.05, 4.69) is 5.32 Å². The minimum absolute atomic E-state index is 0.103. The lowest BCUT2D eigenvalue weighted by atomic mass is 9.91. The zero-order chi connectivity index (χ0) is 13.1. The van der Waals surface area contributed by atoms with Gasteiger partial charge in [-0.25, -0.2) is 0 Å². The van der Waals surface area contributed by atoms with Crippen molar-refractivity contribution in [2.45, 2.75) is 37.8 Å². The van der Waals surface area contributed by atoms with E-state index in [1.807, 2.05) is 0 Å². The van der Waals surface area contributed by atoms with Crippen molar-refractivity contribution in [2.24, 2.45) is 5.73 Å². The van der Waals surface area contributed by atoms with Crippen molar-refractivity contribution < 1.29 is 10.0 Å². The topological polar surface area (TPSA) is 101 Å². The first kappa shape index (κ1) is 12.6. The summed E-state index contributed by atoms with van der Waals surface area (Å²) in [5.41, 5.74) is 6.23. The molecule has 98 valence electrons. The molecule has 0 aromatic heterocycles. The molecule has 0 saturated heterocycles. The van der Waals surface area contributed by atoms with E-state index >= 15 is 0 Å². The molecule has 1 saturated carbocycles. The molecule has 1 aromatic rings. The van der Waals surface area contributed by atoms with Gasteiger partial charge < -0.3 is 16.2 Å². The Bertz CT molecular complexity index is 450. The van der Waals surface area contributed by atoms with E-state index in [0.717, 1.165) is 31.7 Å². The van der Waals surface area contributed by atoms with Crippen LogP contribution in [0.5, 0.6) is 5.75 Å². The lowest BCUT2D eigenvalue weighted by molar-refractivity contribution is -0.384. The summed E-state index contributed by atoms with van der Waals surface area (Å²) in [5.74, 6) is -0.104. The molecule has 18 heavy (non-hydrogen) atoms. The van der Waals surface area contributed by atoms with Gasteiger partial charge in [-0.2, -0.15) is 0 Å². The van der Waals surface area contributed by atoms with Crippen LogP contribution in [-0.2, 0) is 0 Å².